The molecule has 1 aliphatic rings. The number of benzene rings is 2. The fourth-order valence-corrected chi connectivity index (χ4v) is 3.71. The van der Waals surface area contributed by atoms with Gasteiger partial charge in [-0.1, -0.05) is 12.1 Å². The van der Waals surface area contributed by atoms with E-state index < -0.39 is 59.1 Å². The van der Waals surface area contributed by atoms with Gasteiger partial charge in [-0.15, -0.1) is 0 Å². The van der Waals surface area contributed by atoms with E-state index in [1.807, 2.05) is 5.32 Å². The van der Waals surface area contributed by atoms with Crippen LogP contribution in [0.5, 0.6) is 0 Å². The van der Waals surface area contributed by atoms with Crippen molar-refractivity contribution in [3.05, 3.63) is 65.0 Å². The van der Waals surface area contributed by atoms with Gasteiger partial charge >= 0.3 is 24.5 Å². The van der Waals surface area contributed by atoms with Crippen molar-refractivity contribution >= 4 is 17.8 Å². The zero-order valence-electron chi connectivity index (χ0n) is 17.2. The second-order valence-electron chi connectivity index (χ2n) is 7.67. The maximum absolute atomic E-state index is 13.3. The third-order valence-electron chi connectivity index (χ3n) is 5.34. The minimum atomic E-state index is -5.08. The summed E-state index contributed by atoms with van der Waals surface area (Å²) in [6.07, 6.45) is -11.3. The first-order chi connectivity index (χ1) is 15.7. The van der Waals surface area contributed by atoms with Gasteiger partial charge in [0.2, 0.25) is 0 Å². The Balaban J connectivity index is 1.82. The van der Waals surface area contributed by atoms with Crippen LogP contribution in [0.2, 0.25) is 0 Å². The van der Waals surface area contributed by atoms with Gasteiger partial charge in [-0.05, 0) is 42.3 Å². The lowest BCUT2D eigenvalue weighted by Gasteiger charge is -2.38. The highest BCUT2D eigenvalue weighted by Crippen LogP contribution is 2.37. The number of carbonyl (C=O) groups is 2. The number of halogens is 7. The van der Waals surface area contributed by atoms with E-state index in [1.165, 1.54) is 12.1 Å². The van der Waals surface area contributed by atoms with Crippen LogP contribution in [0.1, 0.15) is 29.0 Å². The molecular weight excluding hydrogens is 475 g/mol. The fourth-order valence-electron chi connectivity index (χ4n) is 3.71. The summed E-state index contributed by atoms with van der Waals surface area (Å²) in [5, 5.41) is 13.7. The smallest absolute Gasteiger partial charge is 0.416 e. The van der Waals surface area contributed by atoms with E-state index in [4.69, 9.17) is 0 Å². The molecule has 1 saturated heterocycles. The summed E-state index contributed by atoms with van der Waals surface area (Å²) < 4.78 is 91.5. The monoisotopic (exact) mass is 493 g/mol. The number of amides is 3. The van der Waals surface area contributed by atoms with Crippen LogP contribution in [0, 0.1) is 5.82 Å². The van der Waals surface area contributed by atoms with Crippen LogP contribution in [0.15, 0.2) is 42.5 Å². The lowest BCUT2D eigenvalue weighted by Crippen LogP contribution is -2.51. The third kappa shape index (κ3) is 6.08. The standard InChI is InChI=1S/C21H18F7N3O3/c22-14-3-1-11(2-4-14)16-10-31(19(33)34)6-5-17(16)30-18(32)29-15-8-12(20(23,24)25)7-13(9-15)21(26,27)28/h1-4,7-9,16-17H,5-6,10H2,(H,33,34)(H2,29,30,32)/t16?,17-/m1/s1. The van der Waals surface area contributed by atoms with Gasteiger partial charge in [0.25, 0.3) is 0 Å². The number of piperidine rings is 1. The van der Waals surface area contributed by atoms with Crippen molar-refractivity contribution in [2.45, 2.75) is 30.7 Å². The maximum Gasteiger partial charge on any atom is 0.416 e. The van der Waals surface area contributed by atoms with Crippen molar-refractivity contribution in [1.82, 2.24) is 10.2 Å². The summed E-state index contributed by atoms with van der Waals surface area (Å²) in [6.45, 7) is -0.0343. The van der Waals surface area contributed by atoms with Gasteiger partial charge in [-0.25, -0.2) is 14.0 Å². The van der Waals surface area contributed by atoms with Gasteiger partial charge < -0.3 is 20.6 Å². The first kappa shape index (κ1) is 25.1. The zero-order valence-corrected chi connectivity index (χ0v) is 17.2. The molecule has 1 unspecified atom stereocenters. The number of carbonyl (C=O) groups excluding carboxylic acids is 1. The molecule has 0 aromatic heterocycles. The van der Waals surface area contributed by atoms with E-state index in [0.29, 0.717) is 17.7 Å². The molecule has 6 nitrogen and oxygen atoms in total. The van der Waals surface area contributed by atoms with Crippen molar-refractivity contribution in [3.63, 3.8) is 0 Å². The Kier molecular flexibility index (Phi) is 6.94. The molecule has 3 N–H and O–H groups in total. The SMILES string of the molecule is O=C(Nc1cc(C(F)(F)F)cc(C(F)(F)F)c1)N[C@@H]1CCN(C(=O)O)CC1c1ccc(F)cc1. The summed E-state index contributed by atoms with van der Waals surface area (Å²) in [7, 11) is 0. The number of likely N-dealkylation sites (tertiary alicyclic amines) is 1. The normalized spacial score (nSPS) is 19.0. The van der Waals surface area contributed by atoms with E-state index in [-0.39, 0.29) is 25.6 Å². The van der Waals surface area contributed by atoms with Crippen molar-refractivity contribution in [1.29, 1.82) is 0 Å². The number of urea groups is 1. The van der Waals surface area contributed by atoms with E-state index in [0.717, 1.165) is 17.0 Å². The van der Waals surface area contributed by atoms with E-state index in [9.17, 15) is 45.4 Å². The van der Waals surface area contributed by atoms with Gasteiger partial charge in [0.05, 0.1) is 11.1 Å². The van der Waals surface area contributed by atoms with Crippen LogP contribution in [0.3, 0.4) is 0 Å². The molecule has 1 heterocycles. The fraction of sp³-hybridized carbons (Fsp3) is 0.333. The molecule has 3 rings (SSSR count). The molecule has 0 radical (unpaired) electrons. The van der Waals surface area contributed by atoms with Crippen molar-refractivity contribution < 1.29 is 45.4 Å². The molecule has 0 saturated carbocycles. The topological polar surface area (TPSA) is 81.7 Å². The summed E-state index contributed by atoms with van der Waals surface area (Å²) in [6, 6.07) is 3.98. The predicted molar refractivity (Wildman–Crippen MR) is 106 cm³/mol. The molecule has 34 heavy (non-hydrogen) atoms. The Morgan fingerprint density at radius 1 is 0.941 bits per heavy atom. The van der Waals surface area contributed by atoms with Crippen molar-refractivity contribution in [2.24, 2.45) is 0 Å². The molecule has 184 valence electrons. The Labute approximate surface area is 188 Å². The number of hydrogen-bond donors (Lipinski definition) is 3. The average molecular weight is 493 g/mol. The summed E-state index contributed by atoms with van der Waals surface area (Å²) in [5.41, 5.74) is -3.40. The third-order valence-corrected chi connectivity index (χ3v) is 5.34. The van der Waals surface area contributed by atoms with Crippen LogP contribution in [-0.2, 0) is 12.4 Å². The first-order valence-corrected chi connectivity index (χ1v) is 9.84. The number of nitrogens with zero attached hydrogens (tertiary/aromatic N) is 1. The quantitative estimate of drug-likeness (QED) is 0.493. The molecule has 0 bridgehead atoms. The highest BCUT2D eigenvalue weighted by molar-refractivity contribution is 5.89. The van der Waals surface area contributed by atoms with Crippen LogP contribution in [-0.4, -0.2) is 41.3 Å². The Morgan fingerprint density at radius 3 is 2.00 bits per heavy atom. The summed E-state index contributed by atoms with van der Waals surface area (Å²) in [4.78, 5) is 24.9. The summed E-state index contributed by atoms with van der Waals surface area (Å²) in [5.74, 6) is -1.18. The number of anilines is 1. The van der Waals surface area contributed by atoms with Gasteiger partial charge in [0.1, 0.15) is 5.82 Å². The highest BCUT2D eigenvalue weighted by Gasteiger charge is 2.37. The zero-order chi connectivity index (χ0) is 25.3. The van der Waals surface area contributed by atoms with Crippen LogP contribution in [0.25, 0.3) is 0 Å². The lowest BCUT2D eigenvalue weighted by molar-refractivity contribution is -0.143. The van der Waals surface area contributed by atoms with Crippen LogP contribution in [0.4, 0.5) is 46.0 Å². The number of hydrogen-bond acceptors (Lipinski definition) is 2. The highest BCUT2D eigenvalue weighted by atomic mass is 19.4. The predicted octanol–water partition coefficient (Wildman–Crippen LogP) is 5.52. The number of nitrogens with one attached hydrogen (secondary N) is 2. The number of carboxylic acid groups (broad SMARTS) is 1. The van der Waals surface area contributed by atoms with Gasteiger partial charge in [0, 0.05) is 30.7 Å². The summed E-state index contributed by atoms with van der Waals surface area (Å²) >= 11 is 0. The van der Waals surface area contributed by atoms with E-state index >= 15 is 0 Å². The molecule has 1 fully saturated rings. The van der Waals surface area contributed by atoms with Crippen molar-refractivity contribution in [3.8, 4) is 0 Å². The van der Waals surface area contributed by atoms with Crippen molar-refractivity contribution in [2.75, 3.05) is 18.4 Å². The van der Waals surface area contributed by atoms with E-state index in [2.05, 4.69) is 5.32 Å². The number of rotatable bonds is 3. The minimum Gasteiger partial charge on any atom is -0.465 e. The molecule has 2 aromatic carbocycles. The molecule has 0 aliphatic carbocycles. The van der Waals surface area contributed by atoms with Gasteiger partial charge in [-0.3, -0.25) is 0 Å². The molecule has 13 heteroatoms. The van der Waals surface area contributed by atoms with Crippen LogP contribution < -0.4 is 10.6 Å². The molecule has 1 aliphatic heterocycles. The van der Waals surface area contributed by atoms with E-state index in [1.54, 1.807) is 0 Å². The first-order valence-electron chi connectivity index (χ1n) is 9.84. The molecule has 2 aromatic rings. The Morgan fingerprint density at radius 2 is 1.50 bits per heavy atom. The molecule has 0 spiro atoms. The van der Waals surface area contributed by atoms with Gasteiger partial charge in [0.15, 0.2) is 0 Å². The molecule has 2 atom stereocenters. The molecule has 3 amide bonds. The second kappa shape index (κ2) is 9.39. The molecular formula is C21H18F7N3O3. The average Bonchev–Trinajstić information content (AvgIpc) is 2.73. The maximum atomic E-state index is 13.3. The minimum absolute atomic E-state index is 0.0275. The van der Waals surface area contributed by atoms with Crippen LogP contribution >= 0.6 is 0 Å². The Bertz CT molecular complexity index is 1020. The largest absolute Gasteiger partial charge is 0.465 e. The Hall–Kier alpha value is -3.51. The lowest BCUT2D eigenvalue weighted by atomic mass is 9.86. The van der Waals surface area contributed by atoms with Gasteiger partial charge in [-0.2, -0.15) is 26.3 Å². The second-order valence-corrected chi connectivity index (χ2v) is 7.67. The number of alkyl halides is 6.